The number of amides is 1. The first kappa shape index (κ1) is 13.3. The minimum Gasteiger partial charge on any atom is -0.481 e. The monoisotopic (exact) mass is 254 g/mol. The van der Waals surface area contributed by atoms with Crippen molar-refractivity contribution in [3.63, 3.8) is 0 Å². The second-order valence-electron chi connectivity index (χ2n) is 5.59. The largest absolute Gasteiger partial charge is 0.481 e. The second kappa shape index (κ2) is 5.69. The maximum atomic E-state index is 12.2. The van der Waals surface area contributed by atoms with Crippen LogP contribution in [0.25, 0.3) is 0 Å². The standard InChI is InChI=1S/C13H22N2O3/c16-11(17)8-13(5-1-2-6-13)15-12(18)10-4-3-7-14-9-10/h10,14H,1-9H2,(H,15,18)(H,16,17)/t10-/m1/s1. The van der Waals surface area contributed by atoms with E-state index in [0.29, 0.717) is 0 Å². The average Bonchev–Trinajstić information content (AvgIpc) is 2.77. The third-order valence-electron chi connectivity index (χ3n) is 4.11. The Kier molecular flexibility index (Phi) is 4.22. The number of carbonyl (C=O) groups is 2. The maximum Gasteiger partial charge on any atom is 0.305 e. The molecule has 3 N–H and O–H groups in total. The summed E-state index contributed by atoms with van der Waals surface area (Å²) < 4.78 is 0. The lowest BCUT2D eigenvalue weighted by atomic mass is 9.90. The molecule has 5 heteroatoms. The number of hydrogen-bond donors (Lipinski definition) is 3. The number of carboxylic acid groups (broad SMARTS) is 1. The molecule has 1 aliphatic heterocycles. The molecule has 5 nitrogen and oxygen atoms in total. The van der Waals surface area contributed by atoms with Gasteiger partial charge in [0.2, 0.25) is 5.91 Å². The van der Waals surface area contributed by atoms with Crippen molar-refractivity contribution in [1.82, 2.24) is 10.6 Å². The zero-order chi connectivity index (χ0) is 13.0. The Morgan fingerprint density at radius 3 is 2.56 bits per heavy atom. The SMILES string of the molecule is O=C(O)CC1(NC(=O)[C@@H]2CCCNC2)CCCC1. The molecule has 2 rings (SSSR count). The number of nitrogens with one attached hydrogen (secondary N) is 2. The number of piperidine rings is 1. The molecule has 0 bridgehead atoms. The summed E-state index contributed by atoms with van der Waals surface area (Å²) >= 11 is 0. The van der Waals surface area contributed by atoms with Crippen LogP contribution in [0.4, 0.5) is 0 Å². The summed E-state index contributed by atoms with van der Waals surface area (Å²) in [6.07, 6.45) is 5.59. The Labute approximate surface area is 107 Å². The zero-order valence-electron chi connectivity index (χ0n) is 10.7. The van der Waals surface area contributed by atoms with Crippen LogP contribution in [0.3, 0.4) is 0 Å². The molecule has 0 spiro atoms. The van der Waals surface area contributed by atoms with Crippen molar-refractivity contribution in [2.75, 3.05) is 13.1 Å². The van der Waals surface area contributed by atoms with Gasteiger partial charge < -0.3 is 15.7 Å². The van der Waals surface area contributed by atoms with Crippen LogP contribution in [-0.2, 0) is 9.59 Å². The van der Waals surface area contributed by atoms with Crippen molar-refractivity contribution in [3.8, 4) is 0 Å². The van der Waals surface area contributed by atoms with Crippen LogP contribution in [0, 0.1) is 5.92 Å². The molecule has 2 fully saturated rings. The first-order valence-corrected chi connectivity index (χ1v) is 6.86. The molecule has 0 aromatic rings. The van der Waals surface area contributed by atoms with Gasteiger partial charge in [0, 0.05) is 6.54 Å². The molecule has 1 amide bonds. The van der Waals surface area contributed by atoms with E-state index in [0.717, 1.165) is 51.6 Å². The van der Waals surface area contributed by atoms with Gasteiger partial charge in [0.25, 0.3) is 0 Å². The summed E-state index contributed by atoms with van der Waals surface area (Å²) in [4.78, 5) is 23.2. The highest BCUT2D eigenvalue weighted by Crippen LogP contribution is 2.33. The minimum absolute atomic E-state index is 0.00465. The molecule has 0 aromatic carbocycles. The summed E-state index contributed by atoms with van der Waals surface area (Å²) in [5.74, 6) is -0.783. The highest BCUT2D eigenvalue weighted by atomic mass is 16.4. The van der Waals surface area contributed by atoms with Crippen molar-refractivity contribution >= 4 is 11.9 Å². The number of aliphatic carboxylic acids is 1. The van der Waals surface area contributed by atoms with Crippen molar-refractivity contribution in [2.24, 2.45) is 5.92 Å². The lowest BCUT2D eigenvalue weighted by molar-refractivity contribution is -0.139. The third kappa shape index (κ3) is 3.22. The van der Waals surface area contributed by atoms with Crippen molar-refractivity contribution < 1.29 is 14.7 Å². The first-order chi connectivity index (χ1) is 8.61. The predicted octanol–water partition coefficient (Wildman–Crippen LogP) is 0.890. The lowest BCUT2D eigenvalue weighted by Gasteiger charge is -2.32. The Morgan fingerprint density at radius 1 is 1.28 bits per heavy atom. The van der Waals surface area contributed by atoms with Gasteiger partial charge in [-0.05, 0) is 32.2 Å². The zero-order valence-corrected chi connectivity index (χ0v) is 10.7. The van der Waals surface area contributed by atoms with Gasteiger partial charge in [0.1, 0.15) is 0 Å². The Morgan fingerprint density at radius 2 is 2.00 bits per heavy atom. The molecule has 0 unspecified atom stereocenters. The van der Waals surface area contributed by atoms with Gasteiger partial charge in [-0.3, -0.25) is 9.59 Å². The first-order valence-electron chi connectivity index (χ1n) is 6.86. The van der Waals surface area contributed by atoms with E-state index in [9.17, 15) is 9.59 Å². The topological polar surface area (TPSA) is 78.4 Å². The van der Waals surface area contributed by atoms with Crippen LogP contribution in [-0.4, -0.2) is 35.6 Å². The Bertz CT molecular complexity index is 318. The van der Waals surface area contributed by atoms with Crippen molar-refractivity contribution in [1.29, 1.82) is 0 Å². The van der Waals surface area contributed by atoms with E-state index in [4.69, 9.17) is 5.11 Å². The van der Waals surface area contributed by atoms with E-state index >= 15 is 0 Å². The highest BCUT2D eigenvalue weighted by Gasteiger charge is 2.38. The second-order valence-corrected chi connectivity index (χ2v) is 5.59. The van der Waals surface area contributed by atoms with Gasteiger partial charge in [0.05, 0.1) is 17.9 Å². The lowest BCUT2D eigenvalue weighted by Crippen LogP contribution is -2.52. The fraction of sp³-hybridized carbons (Fsp3) is 0.846. The van der Waals surface area contributed by atoms with Gasteiger partial charge in [0.15, 0.2) is 0 Å². The van der Waals surface area contributed by atoms with Gasteiger partial charge in [-0.2, -0.15) is 0 Å². The summed E-state index contributed by atoms with van der Waals surface area (Å²) in [5, 5.41) is 15.2. The molecule has 2 aliphatic rings. The van der Waals surface area contributed by atoms with Crippen LogP contribution < -0.4 is 10.6 Å². The number of rotatable bonds is 4. The molecule has 1 aliphatic carbocycles. The molecule has 102 valence electrons. The molecular weight excluding hydrogens is 232 g/mol. The maximum absolute atomic E-state index is 12.2. The minimum atomic E-state index is -0.820. The van der Waals surface area contributed by atoms with Crippen molar-refractivity contribution in [2.45, 2.75) is 50.5 Å². The van der Waals surface area contributed by atoms with E-state index in [2.05, 4.69) is 10.6 Å². The number of carbonyl (C=O) groups excluding carboxylic acids is 1. The Hall–Kier alpha value is -1.10. The van der Waals surface area contributed by atoms with Crippen LogP contribution in [0.5, 0.6) is 0 Å². The smallest absolute Gasteiger partial charge is 0.305 e. The summed E-state index contributed by atoms with van der Waals surface area (Å²) in [7, 11) is 0. The average molecular weight is 254 g/mol. The number of hydrogen-bond acceptors (Lipinski definition) is 3. The normalized spacial score (nSPS) is 26.8. The molecule has 1 saturated heterocycles. The van der Waals surface area contributed by atoms with Crippen LogP contribution >= 0.6 is 0 Å². The molecule has 1 saturated carbocycles. The van der Waals surface area contributed by atoms with Crippen molar-refractivity contribution in [3.05, 3.63) is 0 Å². The van der Waals surface area contributed by atoms with E-state index < -0.39 is 11.5 Å². The molecule has 0 aromatic heterocycles. The number of carboxylic acids is 1. The molecule has 18 heavy (non-hydrogen) atoms. The quantitative estimate of drug-likeness (QED) is 0.696. The molecular formula is C13H22N2O3. The highest BCUT2D eigenvalue weighted by molar-refractivity contribution is 5.81. The van der Waals surface area contributed by atoms with Gasteiger partial charge in [-0.15, -0.1) is 0 Å². The third-order valence-corrected chi connectivity index (χ3v) is 4.11. The predicted molar refractivity (Wildman–Crippen MR) is 67.2 cm³/mol. The van der Waals surface area contributed by atoms with Gasteiger partial charge in [-0.25, -0.2) is 0 Å². The van der Waals surface area contributed by atoms with E-state index in [1.54, 1.807) is 0 Å². The summed E-state index contributed by atoms with van der Waals surface area (Å²) in [5.41, 5.74) is -0.486. The fourth-order valence-corrected chi connectivity index (χ4v) is 3.13. The molecule has 1 atom stereocenters. The van der Waals surface area contributed by atoms with Crippen LogP contribution in [0.2, 0.25) is 0 Å². The fourth-order valence-electron chi connectivity index (χ4n) is 3.13. The Balaban J connectivity index is 1.95. The summed E-state index contributed by atoms with van der Waals surface area (Å²) in [6.45, 7) is 1.69. The van der Waals surface area contributed by atoms with Crippen LogP contribution in [0.15, 0.2) is 0 Å². The summed E-state index contributed by atoms with van der Waals surface area (Å²) in [6, 6.07) is 0. The van der Waals surface area contributed by atoms with Crippen LogP contribution in [0.1, 0.15) is 44.9 Å². The molecule has 0 radical (unpaired) electrons. The van der Waals surface area contributed by atoms with E-state index in [1.165, 1.54) is 0 Å². The molecule has 1 heterocycles. The van der Waals surface area contributed by atoms with E-state index in [-0.39, 0.29) is 18.2 Å². The van der Waals surface area contributed by atoms with Gasteiger partial charge >= 0.3 is 5.97 Å². The van der Waals surface area contributed by atoms with E-state index in [1.807, 2.05) is 0 Å². The van der Waals surface area contributed by atoms with Gasteiger partial charge in [-0.1, -0.05) is 12.8 Å².